The van der Waals surface area contributed by atoms with E-state index in [1.54, 1.807) is 0 Å². The van der Waals surface area contributed by atoms with Gasteiger partial charge in [-0.2, -0.15) is 5.26 Å². The minimum Gasteiger partial charge on any atom is -0.303 e. The minimum atomic E-state index is -0.163. The molecule has 1 aliphatic heterocycles. The first-order chi connectivity index (χ1) is 6.93. The van der Waals surface area contributed by atoms with E-state index in [1.165, 1.54) is 19.5 Å². The van der Waals surface area contributed by atoms with Crippen LogP contribution in [0.2, 0.25) is 0 Å². The molecule has 2 nitrogen and oxygen atoms in total. The van der Waals surface area contributed by atoms with Crippen LogP contribution in [0.5, 0.6) is 0 Å². The van der Waals surface area contributed by atoms with Gasteiger partial charge in [-0.05, 0) is 45.1 Å². The molecule has 15 heavy (non-hydrogen) atoms. The number of hydrogen-bond donors (Lipinski definition) is 0. The van der Waals surface area contributed by atoms with Crippen molar-refractivity contribution < 1.29 is 0 Å². The molecule has 2 heteroatoms. The van der Waals surface area contributed by atoms with E-state index < -0.39 is 0 Å². The lowest BCUT2D eigenvalue weighted by Gasteiger charge is -2.35. The Balaban J connectivity index is 2.36. The molecule has 2 unspecified atom stereocenters. The van der Waals surface area contributed by atoms with E-state index in [9.17, 15) is 0 Å². The van der Waals surface area contributed by atoms with Crippen molar-refractivity contribution in [2.24, 2.45) is 17.3 Å². The van der Waals surface area contributed by atoms with Crippen LogP contribution in [0, 0.1) is 28.6 Å². The molecule has 1 heterocycles. The smallest absolute Gasteiger partial charge is 0.0684 e. The summed E-state index contributed by atoms with van der Waals surface area (Å²) in [5, 5.41) is 8.96. The molecule has 2 atom stereocenters. The quantitative estimate of drug-likeness (QED) is 0.713. The van der Waals surface area contributed by atoms with Gasteiger partial charge >= 0.3 is 0 Å². The van der Waals surface area contributed by atoms with Gasteiger partial charge in [0.05, 0.1) is 11.5 Å². The summed E-state index contributed by atoms with van der Waals surface area (Å²) in [4.78, 5) is 2.53. The molecule has 0 radical (unpaired) electrons. The Morgan fingerprint density at radius 2 is 1.80 bits per heavy atom. The molecule has 1 fully saturated rings. The molecule has 0 aromatic heterocycles. The summed E-state index contributed by atoms with van der Waals surface area (Å²) in [6.45, 7) is 12.2. The Bertz CT molecular complexity index is 229. The molecule has 0 aliphatic carbocycles. The molecule has 0 bridgehead atoms. The monoisotopic (exact) mass is 208 g/mol. The SMILES string of the molecule is CC1CC(C)CN(CCC(C)(C)C#N)C1. The average molecular weight is 208 g/mol. The van der Waals surface area contributed by atoms with E-state index in [4.69, 9.17) is 5.26 Å². The molecular weight excluding hydrogens is 184 g/mol. The Labute approximate surface area is 94.3 Å². The van der Waals surface area contributed by atoms with E-state index in [1.807, 2.05) is 13.8 Å². The van der Waals surface area contributed by atoms with E-state index in [-0.39, 0.29) is 5.41 Å². The van der Waals surface area contributed by atoms with Crippen molar-refractivity contribution in [3.63, 3.8) is 0 Å². The number of nitriles is 1. The highest BCUT2D eigenvalue weighted by Gasteiger charge is 2.24. The third-order valence-electron chi connectivity index (χ3n) is 3.30. The fourth-order valence-electron chi connectivity index (χ4n) is 2.47. The summed E-state index contributed by atoms with van der Waals surface area (Å²) in [5.74, 6) is 1.64. The van der Waals surface area contributed by atoms with E-state index in [2.05, 4.69) is 24.8 Å². The molecule has 1 rings (SSSR count). The number of nitrogens with zero attached hydrogens (tertiary/aromatic N) is 2. The highest BCUT2D eigenvalue weighted by molar-refractivity contribution is 4.92. The van der Waals surface area contributed by atoms with Crippen LogP contribution in [0.15, 0.2) is 0 Å². The fraction of sp³-hybridized carbons (Fsp3) is 0.923. The number of hydrogen-bond acceptors (Lipinski definition) is 2. The molecular formula is C13H24N2. The normalized spacial score (nSPS) is 28.7. The first-order valence-electron chi connectivity index (χ1n) is 6.06. The molecule has 0 amide bonds. The topological polar surface area (TPSA) is 27.0 Å². The first-order valence-corrected chi connectivity index (χ1v) is 6.06. The summed E-state index contributed by atoms with van der Waals surface area (Å²) in [5.41, 5.74) is -0.163. The Morgan fingerprint density at radius 1 is 1.27 bits per heavy atom. The van der Waals surface area contributed by atoms with Gasteiger partial charge in [0.1, 0.15) is 0 Å². The van der Waals surface area contributed by atoms with Gasteiger partial charge < -0.3 is 4.90 Å². The number of piperidine rings is 1. The summed E-state index contributed by atoms with van der Waals surface area (Å²) in [7, 11) is 0. The Morgan fingerprint density at radius 3 is 2.27 bits per heavy atom. The number of rotatable bonds is 3. The van der Waals surface area contributed by atoms with Gasteiger partial charge in [-0.1, -0.05) is 13.8 Å². The summed E-state index contributed by atoms with van der Waals surface area (Å²) in [6.07, 6.45) is 2.35. The molecule has 0 aromatic rings. The van der Waals surface area contributed by atoms with Gasteiger partial charge in [-0.25, -0.2) is 0 Å². The van der Waals surface area contributed by atoms with Crippen LogP contribution in [0.4, 0.5) is 0 Å². The second kappa shape index (κ2) is 4.99. The third-order valence-corrected chi connectivity index (χ3v) is 3.30. The van der Waals surface area contributed by atoms with Gasteiger partial charge in [0, 0.05) is 13.1 Å². The predicted molar refractivity (Wildman–Crippen MR) is 63.4 cm³/mol. The lowest BCUT2D eigenvalue weighted by Crippen LogP contribution is -2.40. The highest BCUT2D eigenvalue weighted by atomic mass is 15.1. The molecule has 0 spiro atoms. The second-order valence-electron chi connectivity index (χ2n) is 5.95. The van der Waals surface area contributed by atoms with Crippen LogP contribution in [0.3, 0.4) is 0 Å². The van der Waals surface area contributed by atoms with Crippen molar-refractivity contribution in [2.45, 2.75) is 40.5 Å². The zero-order valence-corrected chi connectivity index (χ0v) is 10.6. The van der Waals surface area contributed by atoms with Crippen LogP contribution in [-0.2, 0) is 0 Å². The van der Waals surface area contributed by atoms with Crippen LogP contribution in [0.25, 0.3) is 0 Å². The lowest BCUT2D eigenvalue weighted by atomic mass is 9.88. The molecule has 0 N–H and O–H groups in total. The standard InChI is InChI=1S/C13H24N2/c1-11-7-12(2)9-15(8-11)6-5-13(3,4)10-14/h11-12H,5-9H2,1-4H3. The predicted octanol–water partition coefficient (Wildman–Crippen LogP) is 2.90. The van der Waals surface area contributed by atoms with Crippen molar-refractivity contribution in [3.8, 4) is 6.07 Å². The molecule has 1 saturated heterocycles. The van der Waals surface area contributed by atoms with Gasteiger partial charge in [0.2, 0.25) is 0 Å². The maximum atomic E-state index is 8.96. The Hall–Kier alpha value is -0.550. The fourth-order valence-corrected chi connectivity index (χ4v) is 2.47. The van der Waals surface area contributed by atoms with Gasteiger partial charge in [-0.15, -0.1) is 0 Å². The lowest BCUT2D eigenvalue weighted by molar-refractivity contribution is 0.130. The number of likely N-dealkylation sites (tertiary alicyclic amines) is 1. The summed E-state index contributed by atoms with van der Waals surface area (Å²) in [6, 6.07) is 2.38. The van der Waals surface area contributed by atoms with Crippen LogP contribution in [-0.4, -0.2) is 24.5 Å². The van der Waals surface area contributed by atoms with E-state index in [0.717, 1.165) is 24.8 Å². The first kappa shape index (κ1) is 12.5. The van der Waals surface area contributed by atoms with Crippen LogP contribution in [0.1, 0.15) is 40.5 Å². The average Bonchev–Trinajstić information content (AvgIpc) is 2.14. The largest absolute Gasteiger partial charge is 0.303 e. The molecule has 1 aliphatic rings. The maximum absolute atomic E-state index is 8.96. The van der Waals surface area contributed by atoms with Crippen LogP contribution >= 0.6 is 0 Å². The third kappa shape index (κ3) is 4.22. The van der Waals surface area contributed by atoms with E-state index in [0.29, 0.717) is 0 Å². The van der Waals surface area contributed by atoms with Crippen molar-refractivity contribution in [3.05, 3.63) is 0 Å². The zero-order valence-electron chi connectivity index (χ0n) is 10.6. The summed E-state index contributed by atoms with van der Waals surface area (Å²) < 4.78 is 0. The minimum absolute atomic E-state index is 0.163. The second-order valence-corrected chi connectivity index (χ2v) is 5.95. The highest BCUT2D eigenvalue weighted by Crippen LogP contribution is 2.24. The van der Waals surface area contributed by atoms with Crippen molar-refractivity contribution in [2.75, 3.05) is 19.6 Å². The van der Waals surface area contributed by atoms with Crippen molar-refractivity contribution in [1.82, 2.24) is 4.90 Å². The van der Waals surface area contributed by atoms with Crippen molar-refractivity contribution >= 4 is 0 Å². The maximum Gasteiger partial charge on any atom is 0.0684 e. The van der Waals surface area contributed by atoms with Crippen molar-refractivity contribution in [1.29, 1.82) is 5.26 Å². The molecule has 0 aromatic carbocycles. The van der Waals surface area contributed by atoms with Gasteiger partial charge in [-0.3, -0.25) is 0 Å². The van der Waals surface area contributed by atoms with Gasteiger partial charge in [0.25, 0.3) is 0 Å². The molecule has 86 valence electrons. The van der Waals surface area contributed by atoms with Gasteiger partial charge in [0.15, 0.2) is 0 Å². The summed E-state index contributed by atoms with van der Waals surface area (Å²) >= 11 is 0. The molecule has 0 saturated carbocycles. The Kier molecular flexibility index (Phi) is 4.16. The van der Waals surface area contributed by atoms with Crippen LogP contribution < -0.4 is 0 Å². The zero-order chi connectivity index (χ0) is 11.5. The van der Waals surface area contributed by atoms with E-state index >= 15 is 0 Å².